The second-order valence-electron chi connectivity index (χ2n) is 6.15. The molecule has 2 aromatic carbocycles. The fourth-order valence-electron chi connectivity index (χ4n) is 2.17. The van der Waals surface area contributed by atoms with Gasteiger partial charge in [-0.25, -0.2) is 0 Å². The molecule has 0 radical (unpaired) electrons. The van der Waals surface area contributed by atoms with Crippen molar-refractivity contribution in [2.24, 2.45) is 5.41 Å². The summed E-state index contributed by atoms with van der Waals surface area (Å²) in [4.78, 5) is 23.5. The van der Waals surface area contributed by atoms with Crippen molar-refractivity contribution in [3.8, 4) is 16.9 Å². The van der Waals surface area contributed by atoms with Crippen LogP contribution in [0.3, 0.4) is 0 Å². The van der Waals surface area contributed by atoms with Crippen LogP contribution in [0.4, 0.5) is 0 Å². The van der Waals surface area contributed by atoms with E-state index in [1.807, 2.05) is 30.3 Å². The van der Waals surface area contributed by atoms with E-state index in [1.165, 1.54) is 0 Å². The Hall–Kier alpha value is -2.82. The van der Waals surface area contributed by atoms with Gasteiger partial charge in [-0.15, -0.1) is 0 Å². The van der Waals surface area contributed by atoms with E-state index < -0.39 is 11.4 Å². The number of carbonyl (C=O) groups excluding carboxylic acids is 1. The zero-order valence-corrected chi connectivity index (χ0v) is 14.0. The fraction of sp³-hybridized carbons (Fsp3) is 0.263. The van der Waals surface area contributed by atoms with E-state index in [0.717, 1.165) is 11.1 Å². The Kier molecular flexibility index (Phi) is 5.24. The van der Waals surface area contributed by atoms with Gasteiger partial charge in [0.05, 0.1) is 12.5 Å². The maximum atomic E-state index is 12.4. The van der Waals surface area contributed by atoms with Crippen LogP contribution in [0.2, 0.25) is 0 Å². The molecule has 0 atom stereocenters. The number of aliphatic carboxylic acids is 1. The number of hydrogen-bond acceptors (Lipinski definition) is 3. The summed E-state index contributed by atoms with van der Waals surface area (Å²) in [5.41, 5.74) is 1.18. The highest BCUT2D eigenvalue weighted by Crippen LogP contribution is 2.30. The van der Waals surface area contributed by atoms with Crippen LogP contribution in [0.25, 0.3) is 11.1 Å². The summed E-state index contributed by atoms with van der Waals surface area (Å²) in [6.07, 6.45) is 0. The molecule has 0 bridgehead atoms. The summed E-state index contributed by atoms with van der Waals surface area (Å²) >= 11 is 0. The molecule has 24 heavy (non-hydrogen) atoms. The predicted octanol–water partition coefficient (Wildman–Crippen LogP) is 3.20. The number of carboxylic acids is 1. The van der Waals surface area contributed by atoms with E-state index >= 15 is 0 Å². The van der Waals surface area contributed by atoms with Crippen LogP contribution in [-0.4, -0.2) is 30.6 Å². The number of carboxylic acid groups (broad SMARTS) is 1. The molecular weight excluding hydrogens is 306 g/mol. The maximum Gasteiger partial charge on any atom is 0.310 e. The molecule has 0 spiro atoms. The molecule has 1 amide bonds. The van der Waals surface area contributed by atoms with Crippen LogP contribution in [0.15, 0.2) is 48.5 Å². The molecule has 5 heteroatoms. The first-order valence-electron chi connectivity index (χ1n) is 7.60. The third-order valence-electron chi connectivity index (χ3n) is 3.82. The molecule has 0 fully saturated rings. The first-order valence-corrected chi connectivity index (χ1v) is 7.60. The van der Waals surface area contributed by atoms with Crippen molar-refractivity contribution >= 4 is 11.9 Å². The lowest BCUT2D eigenvalue weighted by atomic mass is 9.93. The van der Waals surface area contributed by atoms with E-state index in [1.54, 1.807) is 39.2 Å². The van der Waals surface area contributed by atoms with Crippen molar-refractivity contribution in [1.29, 1.82) is 0 Å². The molecule has 126 valence electrons. The Morgan fingerprint density at radius 2 is 1.79 bits per heavy atom. The summed E-state index contributed by atoms with van der Waals surface area (Å²) in [5, 5.41) is 11.8. The summed E-state index contributed by atoms with van der Waals surface area (Å²) in [5.74, 6) is -0.602. The number of methoxy groups -OCH3 is 1. The topological polar surface area (TPSA) is 75.6 Å². The quantitative estimate of drug-likeness (QED) is 0.854. The third kappa shape index (κ3) is 3.93. The van der Waals surface area contributed by atoms with Crippen molar-refractivity contribution < 1.29 is 19.4 Å². The lowest BCUT2D eigenvalue weighted by molar-refractivity contribution is -0.146. The molecule has 0 aliphatic carbocycles. The Morgan fingerprint density at radius 3 is 2.38 bits per heavy atom. The van der Waals surface area contributed by atoms with Gasteiger partial charge in [-0.3, -0.25) is 9.59 Å². The van der Waals surface area contributed by atoms with Crippen LogP contribution >= 0.6 is 0 Å². The average Bonchev–Trinajstić information content (AvgIpc) is 2.59. The minimum Gasteiger partial charge on any atom is -0.496 e. The highest BCUT2D eigenvalue weighted by molar-refractivity contribution is 5.96. The van der Waals surface area contributed by atoms with Crippen LogP contribution in [0.1, 0.15) is 24.2 Å². The van der Waals surface area contributed by atoms with Gasteiger partial charge in [0.1, 0.15) is 5.75 Å². The van der Waals surface area contributed by atoms with Gasteiger partial charge in [0.15, 0.2) is 0 Å². The van der Waals surface area contributed by atoms with Crippen molar-refractivity contribution in [3.05, 3.63) is 54.1 Å². The van der Waals surface area contributed by atoms with Gasteiger partial charge in [0.25, 0.3) is 5.91 Å². The van der Waals surface area contributed by atoms with Crippen molar-refractivity contribution in [3.63, 3.8) is 0 Å². The summed E-state index contributed by atoms with van der Waals surface area (Å²) in [7, 11) is 1.58. The lowest BCUT2D eigenvalue weighted by Crippen LogP contribution is -2.38. The molecular formula is C19H21NO4. The molecule has 0 saturated heterocycles. The molecule has 2 N–H and O–H groups in total. The van der Waals surface area contributed by atoms with Crippen molar-refractivity contribution in [1.82, 2.24) is 5.32 Å². The van der Waals surface area contributed by atoms with Crippen LogP contribution in [-0.2, 0) is 4.79 Å². The number of ether oxygens (including phenoxy) is 1. The molecule has 0 unspecified atom stereocenters. The Bertz CT molecular complexity index is 738. The van der Waals surface area contributed by atoms with Gasteiger partial charge in [-0.2, -0.15) is 0 Å². The van der Waals surface area contributed by atoms with E-state index in [2.05, 4.69) is 5.32 Å². The number of carbonyl (C=O) groups is 2. The van der Waals surface area contributed by atoms with Gasteiger partial charge in [-0.1, -0.05) is 30.3 Å². The summed E-state index contributed by atoms with van der Waals surface area (Å²) in [6, 6.07) is 14.8. The SMILES string of the molecule is COc1ccc(C(=O)NCC(C)(C)C(=O)O)cc1-c1ccccc1. The molecule has 5 nitrogen and oxygen atoms in total. The minimum absolute atomic E-state index is 0.0495. The molecule has 0 aromatic heterocycles. The summed E-state index contributed by atoms with van der Waals surface area (Å²) in [6.45, 7) is 3.19. The number of nitrogens with one attached hydrogen (secondary N) is 1. The van der Waals surface area contributed by atoms with Crippen LogP contribution < -0.4 is 10.1 Å². The number of amides is 1. The van der Waals surface area contributed by atoms with E-state index in [4.69, 9.17) is 9.84 Å². The van der Waals surface area contributed by atoms with Gasteiger partial charge in [0.2, 0.25) is 0 Å². The molecule has 0 aliphatic heterocycles. The first-order chi connectivity index (χ1) is 11.3. The van der Waals surface area contributed by atoms with Gasteiger partial charge in [-0.05, 0) is 37.6 Å². The molecule has 0 aliphatic rings. The fourth-order valence-corrected chi connectivity index (χ4v) is 2.17. The van der Waals surface area contributed by atoms with E-state index in [-0.39, 0.29) is 12.5 Å². The molecule has 0 saturated carbocycles. The first kappa shape index (κ1) is 17.5. The largest absolute Gasteiger partial charge is 0.496 e. The summed E-state index contributed by atoms with van der Waals surface area (Å²) < 4.78 is 5.37. The number of rotatable bonds is 6. The van der Waals surface area contributed by atoms with Crippen molar-refractivity contribution in [2.75, 3.05) is 13.7 Å². The minimum atomic E-state index is -1.02. The van der Waals surface area contributed by atoms with Crippen LogP contribution in [0.5, 0.6) is 5.75 Å². The van der Waals surface area contributed by atoms with Gasteiger partial charge >= 0.3 is 5.97 Å². The van der Waals surface area contributed by atoms with E-state index in [9.17, 15) is 9.59 Å². The second-order valence-corrected chi connectivity index (χ2v) is 6.15. The molecule has 2 rings (SSSR count). The van der Waals surface area contributed by atoms with Gasteiger partial charge < -0.3 is 15.2 Å². The van der Waals surface area contributed by atoms with Crippen LogP contribution in [0, 0.1) is 5.41 Å². The Morgan fingerprint density at radius 1 is 1.12 bits per heavy atom. The van der Waals surface area contributed by atoms with Crippen molar-refractivity contribution in [2.45, 2.75) is 13.8 Å². The highest BCUT2D eigenvalue weighted by Gasteiger charge is 2.27. The van der Waals surface area contributed by atoms with Gasteiger partial charge in [0, 0.05) is 17.7 Å². The third-order valence-corrected chi connectivity index (χ3v) is 3.82. The predicted molar refractivity (Wildman–Crippen MR) is 92.2 cm³/mol. The second kappa shape index (κ2) is 7.17. The molecule has 0 heterocycles. The molecule has 2 aromatic rings. The van der Waals surface area contributed by atoms with E-state index in [0.29, 0.717) is 11.3 Å². The Labute approximate surface area is 141 Å². The average molecular weight is 327 g/mol. The highest BCUT2D eigenvalue weighted by atomic mass is 16.5. The normalized spacial score (nSPS) is 11.0. The standard InChI is InChI=1S/C19H21NO4/c1-19(2,18(22)23)12-20-17(21)14-9-10-16(24-3)15(11-14)13-7-5-4-6-8-13/h4-11H,12H2,1-3H3,(H,20,21)(H,22,23). The Balaban J connectivity index is 2.26. The smallest absolute Gasteiger partial charge is 0.310 e. The number of benzene rings is 2. The monoisotopic (exact) mass is 327 g/mol. The number of hydrogen-bond donors (Lipinski definition) is 2. The zero-order valence-electron chi connectivity index (χ0n) is 14.0. The lowest BCUT2D eigenvalue weighted by Gasteiger charge is -2.19. The maximum absolute atomic E-state index is 12.4. The zero-order chi connectivity index (χ0) is 17.7.